The fourth-order valence-electron chi connectivity index (χ4n) is 2.73. The van der Waals surface area contributed by atoms with Crippen LogP contribution in [0.3, 0.4) is 0 Å². The second-order valence-electron chi connectivity index (χ2n) is 5.41. The number of carbonyl (C=O) groups is 1. The van der Waals surface area contributed by atoms with Crippen LogP contribution in [0.1, 0.15) is 44.6 Å². The molecular formula is C16H23BrN2O. The van der Waals surface area contributed by atoms with Gasteiger partial charge in [0, 0.05) is 16.2 Å². The number of aryl methyl sites for hydroxylation is 1. The molecule has 1 aromatic carbocycles. The normalized spacial score (nSPS) is 15.9. The molecule has 2 rings (SSSR count). The number of nitrogens with one attached hydrogen (secondary N) is 2. The number of hydrogen-bond acceptors (Lipinski definition) is 2. The summed E-state index contributed by atoms with van der Waals surface area (Å²) < 4.78 is 1.08. The van der Waals surface area contributed by atoms with Gasteiger partial charge in [-0.2, -0.15) is 0 Å². The Morgan fingerprint density at radius 1 is 1.30 bits per heavy atom. The Bertz CT molecular complexity index is 456. The van der Waals surface area contributed by atoms with Crippen LogP contribution in [-0.2, 0) is 11.2 Å². The third-order valence-electron chi connectivity index (χ3n) is 3.86. The molecule has 3 nitrogen and oxygen atoms in total. The number of anilines is 1. The quantitative estimate of drug-likeness (QED) is 0.855. The molecule has 0 atom stereocenters. The molecule has 1 aromatic rings. The van der Waals surface area contributed by atoms with E-state index in [2.05, 4.69) is 39.6 Å². The molecule has 0 unspecified atom stereocenters. The van der Waals surface area contributed by atoms with Crippen molar-refractivity contribution in [2.24, 2.45) is 0 Å². The van der Waals surface area contributed by atoms with Gasteiger partial charge in [-0.15, -0.1) is 0 Å². The summed E-state index contributed by atoms with van der Waals surface area (Å²) in [7, 11) is 0. The van der Waals surface area contributed by atoms with Crippen molar-refractivity contribution in [3.63, 3.8) is 0 Å². The zero-order valence-electron chi connectivity index (χ0n) is 12.0. The Morgan fingerprint density at radius 3 is 2.75 bits per heavy atom. The van der Waals surface area contributed by atoms with Crippen LogP contribution in [0.5, 0.6) is 0 Å². The molecule has 4 heteroatoms. The first-order valence-electron chi connectivity index (χ1n) is 7.50. The van der Waals surface area contributed by atoms with E-state index in [0.717, 1.165) is 29.4 Å². The molecule has 0 heterocycles. The molecule has 0 aromatic heterocycles. The lowest BCUT2D eigenvalue weighted by Gasteiger charge is -2.23. The maximum Gasteiger partial charge on any atom is 0.239 e. The van der Waals surface area contributed by atoms with E-state index in [9.17, 15) is 4.79 Å². The summed E-state index contributed by atoms with van der Waals surface area (Å²) in [5.41, 5.74) is 2.28. The van der Waals surface area contributed by atoms with Gasteiger partial charge >= 0.3 is 0 Å². The first-order valence-corrected chi connectivity index (χ1v) is 8.30. The summed E-state index contributed by atoms with van der Waals surface area (Å²) in [5.74, 6) is 0.0990. The van der Waals surface area contributed by atoms with Crippen LogP contribution in [0.25, 0.3) is 0 Å². The van der Waals surface area contributed by atoms with Crippen LogP contribution in [0.15, 0.2) is 22.7 Å². The Kier molecular flexibility index (Phi) is 5.89. The zero-order valence-corrected chi connectivity index (χ0v) is 13.6. The largest absolute Gasteiger partial charge is 0.376 e. The molecular weight excluding hydrogens is 316 g/mol. The summed E-state index contributed by atoms with van der Waals surface area (Å²) in [4.78, 5) is 12.0. The van der Waals surface area contributed by atoms with Crippen molar-refractivity contribution >= 4 is 27.5 Å². The average Bonchev–Trinajstić information content (AvgIpc) is 2.47. The van der Waals surface area contributed by atoms with Crippen molar-refractivity contribution in [3.8, 4) is 0 Å². The van der Waals surface area contributed by atoms with Crippen molar-refractivity contribution in [2.75, 3.05) is 11.9 Å². The van der Waals surface area contributed by atoms with E-state index in [4.69, 9.17) is 0 Å². The molecule has 0 radical (unpaired) electrons. The summed E-state index contributed by atoms with van der Waals surface area (Å²) >= 11 is 3.48. The van der Waals surface area contributed by atoms with E-state index in [0.29, 0.717) is 12.6 Å². The second kappa shape index (κ2) is 7.67. The van der Waals surface area contributed by atoms with Crippen LogP contribution in [0.4, 0.5) is 5.69 Å². The van der Waals surface area contributed by atoms with Gasteiger partial charge in [-0.3, -0.25) is 4.79 Å². The molecule has 0 aliphatic heterocycles. The molecule has 20 heavy (non-hydrogen) atoms. The second-order valence-corrected chi connectivity index (χ2v) is 6.33. The first kappa shape index (κ1) is 15.4. The highest BCUT2D eigenvalue weighted by Crippen LogP contribution is 2.21. The summed E-state index contributed by atoms with van der Waals surface area (Å²) in [6.45, 7) is 2.47. The number of benzene rings is 1. The van der Waals surface area contributed by atoms with Gasteiger partial charge in [-0.05, 0) is 43.0 Å². The highest BCUT2D eigenvalue weighted by atomic mass is 79.9. The number of carbonyl (C=O) groups excluding carboxylic acids is 1. The Hall–Kier alpha value is -1.03. The minimum Gasteiger partial charge on any atom is -0.376 e. The number of hydrogen-bond donors (Lipinski definition) is 2. The van der Waals surface area contributed by atoms with E-state index >= 15 is 0 Å². The molecule has 110 valence electrons. The van der Waals surface area contributed by atoms with Gasteiger partial charge in [0.15, 0.2) is 0 Å². The first-order chi connectivity index (χ1) is 9.69. The van der Waals surface area contributed by atoms with Crippen LogP contribution in [-0.4, -0.2) is 18.5 Å². The number of rotatable bonds is 5. The lowest BCUT2D eigenvalue weighted by Crippen LogP contribution is -2.39. The maximum atomic E-state index is 12.0. The lowest BCUT2D eigenvalue weighted by atomic mass is 9.95. The highest BCUT2D eigenvalue weighted by Gasteiger charge is 2.15. The van der Waals surface area contributed by atoms with Gasteiger partial charge in [0.2, 0.25) is 5.91 Å². The smallest absolute Gasteiger partial charge is 0.239 e. The summed E-state index contributed by atoms with van der Waals surface area (Å²) in [5, 5.41) is 6.38. The van der Waals surface area contributed by atoms with E-state index in [1.807, 2.05) is 12.1 Å². The van der Waals surface area contributed by atoms with Crippen molar-refractivity contribution in [3.05, 3.63) is 28.2 Å². The molecule has 1 amide bonds. The topological polar surface area (TPSA) is 41.1 Å². The van der Waals surface area contributed by atoms with Crippen molar-refractivity contribution in [1.82, 2.24) is 5.32 Å². The fourth-order valence-corrected chi connectivity index (χ4v) is 3.14. The van der Waals surface area contributed by atoms with Crippen molar-refractivity contribution in [1.29, 1.82) is 0 Å². The minimum absolute atomic E-state index is 0.0990. The minimum atomic E-state index is 0.0990. The van der Waals surface area contributed by atoms with E-state index in [1.165, 1.54) is 24.8 Å². The molecule has 1 aliphatic rings. The molecule has 0 saturated heterocycles. The van der Waals surface area contributed by atoms with Gasteiger partial charge < -0.3 is 10.6 Å². The molecule has 1 aliphatic carbocycles. The van der Waals surface area contributed by atoms with Crippen molar-refractivity contribution in [2.45, 2.75) is 51.5 Å². The third kappa shape index (κ3) is 4.51. The van der Waals surface area contributed by atoms with Gasteiger partial charge in [0.05, 0.1) is 6.54 Å². The lowest BCUT2D eigenvalue weighted by molar-refractivity contribution is -0.120. The number of halogens is 1. The Labute approximate surface area is 129 Å². The Balaban J connectivity index is 1.83. The standard InChI is InChI=1S/C16H23BrN2O/c1-2-12-10-13(17)8-9-15(12)18-11-16(20)19-14-6-4-3-5-7-14/h8-10,14,18H,2-7,11H2,1H3,(H,19,20). The average molecular weight is 339 g/mol. The highest BCUT2D eigenvalue weighted by molar-refractivity contribution is 9.10. The van der Waals surface area contributed by atoms with Gasteiger partial charge in [-0.25, -0.2) is 0 Å². The summed E-state index contributed by atoms with van der Waals surface area (Å²) in [6.07, 6.45) is 7.00. The molecule has 2 N–H and O–H groups in total. The number of amides is 1. The summed E-state index contributed by atoms with van der Waals surface area (Å²) in [6, 6.07) is 6.51. The fraction of sp³-hybridized carbons (Fsp3) is 0.562. The zero-order chi connectivity index (χ0) is 14.4. The van der Waals surface area contributed by atoms with Crippen LogP contribution < -0.4 is 10.6 Å². The van der Waals surface area contributed by atoms with E-state index < -0.39 is 0 Å². The molecule has 1 saturated carbocycles. The van der Waals surface area contributed by atoms with Crippen molar-refractivity contribution < 1.29 is 4.79 Å². The monoisotopic (exact) mass is 338 g/mol. The van der Waals surface area contributed by atoms with Gasteiger partial charge in [0.1, 0.15) is 0 Å². The van der Waals surface area contributed by atoms with Crippen LogP contribution in [0.2, 0.25) is 0 Å². The Morgan fingerprint density at radius 2 is 2.05 bits per heavy atom. The maximum absolute atomic E-state index is 12.0. The van der Waals surface area contributed by atoms with E-state index in [-0.39, 0.29) is 5.91 Å². The predicted octanol–water partition coefficient (Wildman–Crippen LogP) is 3.87. The SMILES string of the molecule is CCc1cc(Br)ccc1NCC(=O)NC1CCCCC1. The van der Waals surface area contributed by atoms with Crippen LogP contribution >= 0.6 is 15.9 Å². The van der Waals surface area contributed by atoms with E-state index in [1.54, 1.807) is 0 Å². The van der Waals surface area contributed by atoms with Crippen LogP contribution in [0, 0.1) is 0 Å². The van der Waals surface area contributed by atoms with Gasteiger partial charge in [-0.1, -0.05) is 42.1 Å². The molecule has 0 bridgehead atoms. The molecule has 0 spiro atoms. The van der Waals surface area contributed by atoms with Gasteiger partial charge in [0.25, 0.3) is 0 Å². The predicted molar refractivity (Wildman–Crippen MR) is 87.0 cm³/mol. The molecule has 1 fully saturated rings. The third-order valence-corrected chi connectivity index (χ3v) is 4.35.